The van der Waals surface area contributed by atoms with E-state index >= 15 is 0 Å². The predicted octanol–water partition coefficient (Wildman–Crippen LogP) is 2.03. The number of hydrogen-bond donors (Lipinski definition) is 3. The van der Waals surface area contributed by atoms with Crippen molar-refractivity contribution in [3.63, 3.8) is 0 Å². The summed E-state index contributed by atoms with van der Waals surface area (Å²) in [5.41, 5.74) is 5.87. The molecule has 0 bridgehead atoms. The molecular weight excluding hydrogens is 392 g/mol. The Morgan fingerprint density at radius 1 is 1.32 bits per heavy atom. The third-order valence-corrected chi connectivity index (χ3v) is 6.31. The molecule has 1 aromatic carbocycles. The number of amides is 2. The summed E-state index contributed by atoms with van der Waals surface area (Å²) in [4.78, 5) is 38.6. The first kappa shape index (κ1) is 23.0. The van der Waals surface area contributed by atoms with Gasteiger partial charge in [0.2, 0.25) is 11.8 Å². The van der Waals surface area contributed by atoms with Gasteiger partial charge in [0.05, 0.1) is 6.07 Å². The van der Waals surface area contributed by atoms with Crippen LogP contribution in [0.3, 0.4) is 0 Å². The van der Waals surface area contributed by atoms with E-state index in [1.165, 1.54) is 0 Å². The van der Waals surface area contributed by atoms with Crippen LogP contribution in [-0.2, 0) is 14.4 Å². The van der Waals surface area contributed by atoms with Crippen LogP contribution in [0.25, 0.3) is 0 Å². The van der Waals surface area contributed by atoms with E-state index in [2.05, 4.69) is 16.7 Å². The molecule has 2 fully saturated rings. The van der Waals surface area contributed by atoms with Crippen molar-refractivity contribution in [1.82, 2.24) is 10.6 Å². The fourth-order valence-electron chi connectivity index (χ4n) is 4.61. The molecule has 7 nitrogen and oxygen atoms in total. The second-order valence-electron chi connectivity index (χ2n) is 9.31. The molecule has 1 aliphatic carbocycles. The normalized spacial score (nSPS) is 25.6. The van der Waals surface area contributed by atoms with Crippen molar-refractivity contribution < 1.29 is 14.4 Å². The summed E-state index contributed by atoms with van der Waals surface area (Å²) in [5, 5.41) is 15.0. The lowest BCUT2D eigenvalue weighted by atomic mass is 9.81. The molecule has 1 aliphatic heterocycles. The van der Waals surface area contributed by atoms with Crippen molar-refractivity contribution in [2.45, 2.75) is 63.5 Å². The van der Waals surface area contributed by atoms with E-state index < -0.39 is 17.5 Å². The van der Waals surface area contributed by atoms with Gasteiger partial charge >= 0.3 is 0 Å². The number of piperidine rings is 1. The maximum atomic E-state index is 13.4. The molecule has 0 radical (unpaired) electrons. The third kappa shape index (κ3) is 5.31. The van der Waals surface area contributed by atoms with Gasteiger partial charge in [-0.3, -0.25) is 14.4 Å². The molecule has 1 saturated heterocycles. The molecule has 5 atom stereocenters. The number of nitrogens with zero attached hydrogens (tertiary/aromatic N) is 1. The van der Waals surface area contributed by atoms with Crippen LogP contribution >= 0.6 is 0 Å². The Hall–Kier alpha value is -2.72. The van der Waals surface area contributed by atoms with Gasteiger partial charge < -0.3 is 16.4 Å². The monoisotopic (exact) mass is 424 g/mol. The molecule has 1 saturated carbocycles. The fraction of sp³-hybridized carbons (Fsp3) is 0.583. The van der Waals surface area contributed by atoms with Gasteiger partial charge in [0.15, 0.2) is 11.3 Å². The van der Waals surface area contributed by atoms with Gasteiger partial charge in [-0.25, -0.2) is 0 Å². The topological polar surface area (TPSA) is 125 Å². The van der Waals surface area contributed by atoms with Gasteiger partial charge in [-0.05, 0) is 49.5 Å². The van der Waals surface area contributed by atoms with E-state index in [1.807, 2.05) is 44.2 Å². The molecular formula is C24H32N4O3. The van der Waals surface area contributed by atoms with Crippen LogP contribution in [-0.4, -0.2) is 35.7 Å². The quantitative estimate of drug-likeness (QED) is 0.523. The second-order valence-corrected chi connectivity index (χ2v) is 9.31. The molecule has 166 valence electrons. The summed E-state index contributed by atoms with van der Waals surface area (Å²) in [6, 6.07) is 11.0. The number of carbonyl (C=O) groups excluding carboxylic acids is 3. The number of nitrogens with two attached hydrogens (primary N) is 1. The maximum absolute atomic E-state index is 13.4. The van der Waals surface area contributed by atoms with Crippen molar-refractivity contribution in [2.75, 3.05) is 6.54 Å². The lowest BCUT2D eigenvalue weighted by molar-refractivity contribution is -0.138. The zero-order valence-corrected chi connectivity index (χ0v) is 18.3. The molecule has 0 spiro atoms. The molecule has 2 aliphatic rings. The molecule has 4 N–H and O–H groups in total. The summed E-state index contributed by atoms with van der Waals surface area (Å²) >= 11 is 0. The molecule has 1 heterocycles. The Labute approximate surface area is 183 Å². The molecule has 3 rings (SSSR count). The van der Waals surface area contributed by atoms with Crippen molar-refractivity contribution in [1.29, 1.82) is 5.26 Å². The van der Waals surface area contributed by atoms with Gasteiger partial charge in [-0.15, -0.1) is 0 Å². The number of nitriles is 1. The number of Topliss-reactive ketones (excluding diaryl/α,β-unsaturated/α-hetero) is 1. The smallest absolute Gasteiger partial charge is 0.248 e. The largest absolute Gasteiger partial charge is 0.356 e. The van der Waals surface area contributed by atoms with Crippen LogP contribution in [0.2, 0.25) is 0 Å². The number of hydrogen-bond acceptors (Lipinski definition) is 5. The predicted molar refractivity (Wildman–Crippen MR) is 117 cm³/mol. The summed E-state index contributed by atoms with van der Waals surface area (Å²) in [6.07, 6.45) is 2.63. The van der Waals surface area contributed by atoms with Crippen LogP contribution in [0.1, 0.15) is 57.4 Å². The highest BCUT2D eigenvalue weighted by Gasteiger charge is 2.54. The van der Waals surface area contributed by atoms with Gasteiger partial charge in [-0.1, -0.05) is 44.2 Å². The first-order valence-corrected chi connectivity index (χ1v) is 11.1. The highest BCUT2D eigenvalue weighted by atomic mass is 16.2. The minimum atomic E-state index is -1.69. The van der Waals surface area contributed by atoms with Gasteiger partial charge in [0.25, 0.3) is 0 Å². The van der Waals surface area contributed by atoms with Crippen LogP contribution < -0.4 is 16.4 Å². The van der Waals surface area contributed by atoms with E-state index in [1.54, 1.807) is 0 Å². The van der Waals surface area contributed by atoms with Gasteiger partial charge in [0.1, 0.15) is 6.04 Å². The summed E-state index contributed by atoms with van der Waals surface area (Å²) in [6.45, 7) is 4.47. The Bertz CT molecular complexity index is 863. The van der Waals surface area contributed by atoms with Crippen molar-refractivity contribution in [3.05, 3.63) is 35.9 Å². The maximum Gasteiger partial charge on any atom is 0.248 e. The highest BCUT2D eigenvalue weighted by Crippen LogP contribution is 2.49. The second kappa shape index (κ2) is 9.61. The van der Waals surface area contributed by atoms with Crippen LogP contribution in [0.15, 0.2) is 30.3 Å². The average molecular weight is 425 g/mol. The number of rotatable bonds is 9. The van der Waals surface area contributed by atoms with E-state index in [0.717, 1.165) is 12.0 Å². The molecule has 0 aromatic heterocycles. The zero-order valence-electron chi connectivity index (χ0n) is 18.3. The van der Waals surface area contributed by atoms with Gasteiger partial charge in [-0.2, -0.15) is 5.26 Å². The standard InChI is InChI=1S/C24H32N4O3/c1-15(2)13-24(26,21(29)20-12-19(20)16-7-4-3-5-8-16)23(31)28-18(14-25)11-17-9-6-10-27-22(17)30/h3-5,7-8,15,17-20H,6,9-13,26H2,1-2H3,(H,27,30)(H,28,31)/t17-,18-,19-,20+,24+/m0/s1. The van der Waals surface area contributed by atoms with Crippen molar-refractivity contribution >= 4 is 17.6 Å². The SMILES string of the molecule is CC(C)C[C@](N)(C(=O)N[C@H](C#N)C[C@@H]1CCCNC1=O)C(=O)[C@@H]1C[C@H]1c1ccccc1. The Balaban J connectivity index is 1.71. The Morgan fingerprint density at radius 2 is 2.03 bits per heavy atom. The van der Waals surface area contributed by atoms with Crippen molar-refractivity contribution in [2.24, 2.45) is 23.5 Å². The number of ketones is 1. The van der Waals surface area contributed by atoms with Crippen LogP contribution in [0.4, 0.5) is 0 Å². The molecule has 2 amide bonds. The zero-order chi connectivity index (χ0) is 22.6. The van der Waals surface area contributed by atoms with Crippen LogP contribution in [0.5, 0.6) is 0 Å². The van der Waals surface area contributed by atoms with E-state index in [4.69, 9.17) is 5.73 Å². The first-order chi connectivity index (χ1) is 14.8. The minimum absolute atomic E-state index is 0.0262. The molecule has 1 aromatic rings. The van der Waals surface area contributed by atoms with E-state index in [-0.39, 0.29) is 48.2 Å². The average Bonchev–Trinajstić information content (AvgIpc) is 3.55. The van der Waals surface area contributed by atoms with E-state index in [9.17, 15) is 19.6 Å². The Kier molecular flexibility index (Phi) is 7.11. The lowest BCUT2D eigenvalue weighted by Crippen LogP contribution is -2.62. The third-order valence-electron chi connectivity index (χ3n) is 6.31. The van der Waals surface area contributed by atoms with E-state index in [0.29, 0.717) is 19.4 Å². The number of carbonyl (C=O) groups is 3. The summed E-state index contributed by atoms with van der Waals surface area (Å²) in [5.74, 6) is -1.49. The minimum Gasteiger partial charge on any atom is -0.356 e. The van der Waals surface area contributed by atoms with Crippen molar-refractivity contribution in [3.8, 4) is 6.07 Å². The molecule has 31 heavy (non-hydrogen) atoms. The Morgan fingerprint density at radius 3 is 2.65 bits per heavy atom. The van der Waals surface area contributed by atoms with Crippen LogP contribution in [0, 0.1) is 29.1 Å². The fourth-order valence-corrected chi connectivity index (χ4v) is 4.61. The van der Waals surface area contributed by atoms with Gasteiger partial charge in [0, 0.05) is 18.4 Å². The molecule has 0 unspecified atom stereocenters. The lowest BCUT2D eigenvalue weighted by Gasteiger charge is -2.31. The number of nitrogens with one attached hydrogen (secondary N) is 2. The summed E-state index contributed by atoms with van der Waals surface area (Å²) in [7, 11) is 0. The first-order valence-electron chi connectivity index (χ1n) is 11.1. The summed E-state index contributed by atoms with van der Waals surface area (Å²) < 4.78 is 0. The highest BCUT2D eigenvalue weighted by molar-refractivity contribution is 6.12. The molecule has 7 heteroatoms. The number of benzene rings is 1.